The molecule has 0 unspecified atom stereocenters. The first kappa shape index (κ1) is 44.3. The standard InChI is InChI=1S/C54H75FN4O5/c1-32(2)35-17-23-52(46(63)59-53(19-9-20-53)45-57-30-39(58-45)33-11-13-34(55)14-12-33)26-24-48(5)36(42(35)52)15-16-40-49(48,6)25-27-54-21-10-28-56-31-51(54,8)41(18-22-50(40,54)7)64-44(62)38-29-37(43(60)61)47(38,3)4/h11-14,30,35-38,40-42,56H,1,9-10,15-29,31H2,2-8H3,(H,57,58)(H,59,63)(H,60,61)/t35-,36+,37-,38+,40-,41-,42+,48+,49+,50+,51+,52-,54+/m0/s1. The van der Waals surface area contributed by atoms with Gasteiger partial charge in [-0.3, -0.25) is 14.4 Å². The van der Waals surface area contributed by atoms with Crippen LogP contribution in [0.15, 0.2) is 42.6 Å². The number of aromatic nitrogens is 2. The second kappa shape index (κ2) is 14.7. The SMILES string of the molecule is C=C(C)[C@@H]1CC[C@]2(C(=O)NC3(c4ncc(-c5ccc(F)cc5)[nH]4)CCC3)CC[C@]3(C)[C@H](CC[C@@H]4[C@@]5(C)CC[C@H](OC(=O)[C@H]6C[C@@H](C(=O)O)C6(C)C)[C@@]6(C)CNCCC[C@]65CC[C@]43C)[C@@H]12. The maximum Gasteiger partial charge on any atom is 0.309 e. The van der Waals surface area contributed by atoms with Crippen LogP contribution in [0.1, 0.15) is 157 Å². The molecule has 1 spiro atoms. The van der Waals surface area contributed by atoms with Crippen molar-refractivity contribution in [1.82, 2.24) is 20.6 Å². The molecule has 4 N–H and O–H groups in total. The van der Waals surface area contributed by atoms with Gasteiger partial charge in [-0.1, -0.05) is 53.7 Å². The third kappa shape index (κ3) is 5.80. The number of fused-ring (bicyclic) bond motifs is 6. The van der Waals surface area contributed by atoms with E-state index in [1.54, 1.807) is 12.1 Å². The highest BCUT2D eigenvalue weighted by atomic mass is 19.1. The molecule has 10 rings (SSSR count). The number of benzene rings is 1. The number of amides is 1. The van der Waals surface area contributed by atoms with Crippen molar-refractivity contribution in [2.75, 3.05) is 13.1 Å². The van der Waals surface area contributed by atoms with Gasteiger partial charge in [0.1, 0.15) is 17.7 Å². The molecule has 2 aromatic rings. The number of ether oxygens (including phenoxy) is 1. The molecule has 348 valence electrons. The Hall–Kier alpha value is -3.53. The summed E-state index contributed by atoms with van der Waals surface area (Å²) < 4.78 is 20.5. The number of carboxylic acids is 1. The van der Waals surface area contributed by atoms with Crippen LogP contribution in [0.25, 0.3) is 11.3 Å². The number of rotatable bonds is 8. The molecule has 1 amide bonds. The number of aliphatic carboxylic acids is 1. The lowest BCUT2D eigenvalue weighted by atomic mass is 9.28. The molecule has 8 fully saturated rings. The minimum Gasteiger partial charge on any atom is -0.481 e. The lowest BCUT2D eigenvalue weighted by molar-refractivity contribution is -0.290. The number of nitrogens with one attached hydrogen (secondary N) is 3. The minimum absolute atomic E-state index is 0.00970. The van der Waals surface area contributed by atoms with Crippen molar-refractivity contribution >= 4 is 17.8 Å². The highest BCUT2D eigenvalue weighted by Crippen LogP contribution is 2.81. The van der Waals surface area contributed by atoms with Crippen LogP contribution in [-0.4, -0.2) is 52.1 Å². The van der Waals surface area contributed by atoms with Crippen molar-refractivity contribution in [3.05, 3.63) is 54.3 Å². The summed E-state index contributed by atoms with van der Waals surface area (Å²) in [5, 5.41) is 17.4. The average Bonchev–Trinajstić information content (AvgIpc) is 3.84. The Labute approximate surface area is 380 Å². The van der Waals surface area contributed by atoms with Gasteiger partial charge in [0.15, 0.2) is 0 Å². The molecule has 1 aliphatic heterocycles. The summed E-state index contributed by atoms with van der Waals surface area (Å²) in [7, 11) is 0. The lowest BCUT2D eigenvalue weighted by Gasteiger charge is -2.76. The van der Waals surface area contributed by atoms with Crippen molar-refractivity contribution < 1.29 is 28.6 Å². The first-order chi connectivity index (χ1) is 30.2. The van der Waals surface area contributed by atoms with E-state index in [2.05, 4.69) is 56.8 Å². The molecule has 0 radical (unpaired) electrons. The van der Waals surface area contributed by atoms with Gasteiger partial charge in [0.25, 0.3) is 0 Å². The summed E-state index contributed by atoms with van der Waals surface area (Å²) in [6.45, 7) is 22.8. The predicted octanol–water partition coefficient (Wildman–Crippen LogP) is 10.8. The molecule has 10 heteroatoms. The molecule has 0 bridgehead atoms. The van der Waals surface area contributed by atoms with Gasteiger partial charge in [-0.15, -0.1) is 0 Å². The summed E-state index contributed by atoms with van der Waals surface area (Å²) in [6, 6.07) is 6.48. The van der Waals surface area contributed by atoms with Crippen molar-refractivity contribution in [1.29, 1.82) is 0 Å². The van der Waals surface area contributed by atoms with E-state index in [0.29, 0.717) is 24.2 Å². The van der Waals surface area contributed by atoms with Crippen molar-refractivity contribution in [3.8, 4) is 11.3 Å². The first-order valence-corrected chi connectivity index (χ1v) is 25.2. The zero-order valence-corrected chi connectivity index (χ0v) is 39.8. The second-order valence-electron chi connectivity index (χ2n) is 24.4. The van der Waals surface area contributed by atoms with E-state index in [1.165, 1.54) is 17.7 Å². The average molecular weight is 879 g/mol. The number of imidazole rings is 1. The fourth-order valence-electron chi connectivity index (χ4n) is 18.0. The number of allylic oxidation sites excluding steroid dienone is 1. The number of carbonyl (C=O) groups is 3. The molecule has 8 aliphatic rings. The summed E-state index contributed by atoms with van der Waals surface area (Å²) >= 11 is 0. The number of hydrogen-bond acceptors (Lipinski definition) is 6. The Bertz CT molecular complexity index is 2230. The van der Waals surface area contributed by atoms with Crippen LogP contribution in [0.2, 0.25) is 0 Å². The van der Waals surface area contributed by atoms with Crippen molar-refractivity contribution in [3.63, 3.8) is 0 Å². The molecular formula is C54H75FN4O5. The maximum atomic E-state index is 15.4. The van der Waals surface area contributed by atoms with E-state index < -0.39 is 34.2 Å². The number of nitrogens with zero attached hydrogens (tertiary/aromatic N) is 1. The van der Waals surface area contributed by atoms with Gasteiger partial charge >= 0.3 is 11.9 Å². The topological polar surface area (TPSA) is 133 Å². The number of esters is 1. The molecule has 64 heavy (non-hydrogen) atoms. The van der Waals surface area contributed by atoms with Gasteiger partial charge in [-0.25, -0.2) is 9.37 Å². The van der Waals surface area contributed by atoms with Gasteiger partial charge in [0, 0.05) is 12.0 Å². The van der Waals surface area contributed by atoms with Crippen LogP contribution in [0, 0.1) is 79.2 Å². The fraction of sp³-hybridized carbons (Fsp3) is 0.741. The monoisotopic (exact) mass is 879 g/mol. The van der Waals surface area contributed by atoms with E-state index in [1.807, 2.05) is 20.0 Å². The minimum atomic E-state index is -0.823. The molecule has 1 aromatic heterocycles. The zero-order chi connectivity index (χ0) is 45.5. The number of aromatic amines is 1. The van der Waals surface area contributed by atoms with E-state index in [-0.39, 0.29) is 56.8 Å². The smallest absolute Gasteiger partial charge is 0.309 e. The Morgan fingerprint density at radius 3 is 2.23 bits per heavy atom. The number of hydrogen-bond donors (Lipinski definition) is 4. The summed E-state index contributed by atoms with van der Waals surface area (Å²) in [5.74, 6) is 0.245. The van der Waals surface area contributed by atoms with Crippen LogP contribution < -0.4 is 10.6 Å². The van der Waals surface area contributed by atoms with Crippen LogP contribution in [0.3, 0.4) is 0 Å². The molecule has 1 aromatic carbocycles. The van der Waals surface area contributed by atoms with Crippen LogP contribution in [0.4, 0.5) is 4.39 Å². The lowest BCUT2D eigenvalue weighted by Crippen LogP contribution is -2.72. The Balaban J connectivity index is 0.938. The zero-order valence-electron chi connectivity index (χ0n) is 39.8. The fourth-order valence-corrected chi connectivity index (χ4v) is 18.0. The Morgan fingerprint density at radius 1 is 0.828 bits per heavy atom. The quantitative estimate of drug-likeness (QED) is 0.153. The third-order valence-corrected chi connectivity index (χ3v) is 22.2. The van der Waals surface area contributed by atoms with Gasteiger partial charge in [0.05, 0.1) is 34.7 Å². The van der Waals surface area contributed by atoms with Gasteiger partial charge in [-0.2, -0.15) is 0 Å². The van der Waals surface area contributed by atoms with Crippen molar-refractivity contribution in [2.24, 2.45) is 73.4 Å². The van der Waals surface area contributed by atoms with Gasteiger partial charge < -0.3 is 25.5 Å². The van der Waals surface area contributed by atoms with E-state index >= 15 is 4.79 Å². The maximum absolute atomic E-state index is 15.4. The molecule has 13 atom stereocenters. The second-order valence-corrected chi connectivity index (χ2v) is 24.4. The van der Waals surface area contributed by atoms with E-state index in [0.717, 1.165) is 126 Å². The van der Waals surface area contributed by atoms with Gasteiger partial charge in [-0.05, 0) is 197 Å². The molecule has 7 aliphatic carbocycles. The number of carbonyl (C=O) groups excluding carboxylic acids is 2. The molecule has 7 saturated carbocycles. The third-order valence-electron chi connectivity index (χ3n) is 22.2. The largest absolute Gasteiger partial charge is 0.481 e. The van der Waals surface area contributed by atoms with E-state index in [4.69, 9.17) is 9.72 Å². The number of carboxylic acid groups (broad SMARTS) is 1. The molecular weight excluding hydrogens is 804 g/mol. The Kier molecular flexibility index (Phi) is 10.2. The van der Waals surface area contributed by atoms with Crippen molar-refractivity contribution in [2.45, 2.75) is 163 Å². The summed E-state index contributed by atoms with van der Waals surface area (Å²) in [4.78, 5) is 49.9. The summed E-state index contributed by atoms with van der Waals surface area (Å²) in [6.07, 6.45) is 17.1. The number of halogens is 1. The molecule has 1 saturated heterocycles. The molecule has 2 heterocycles. The molecule has 9 nitrogen and oxygen atoms in total. The number of H-pyrrole nitrogens is 1. The van der Waals surface area contributed by atoms with Gasteiger partial charge in [0.2, 0.25) is 5.91 Å². The van der Waals surface area contributed by atoms with E-state index in [9.17, 15) is 19.1 Å². The Morgan fingerprint density at radius 2 is 1.56 bits per heavy atom. The first-order valence-electron chi connectivity index (χ1n) is 25.2. The highest BCUT2D eigenvalue weighted by Gasteiger charge is 2.76. The predicted molar refractivity (Wildman–Crippen MR) is 245 cm³/mol. The summed E-state index contributed by atoms with van der Waals surface area (Å²) in [5.41, 5.74) is 1.21. The van der Waals surface area contributed by atoms with Crippen LogP contribution in [-0.2, 0) is 24.7 Å². The van der Waals surface area contributed by atoms with Crippen LogP contribution >= 0.6 is 0 Å². The van der Waals surface area contributed by atoms with Crippen LogP contribution in [0.5, 0.6) is 0 Å². The highest BCUT2D eigenvalue weighted by molar-refractivity contribution is 5.85. The normalized spacial score (nSPS) is 43.8.